The second-order valence-electron chi connectivity index (χ2n) is 7.07. The maximum atomic E-state index is 10.8. The van der Waals surface area contributed by atoms with Crippen molar-refractivity contribution in [2.75, 3.05) is 19.6 Å². The van der Waals surface area contributed by atoms with Gasteiger partial charge in [0.15, 0.2) is 0 Å². The standard InChI is InChI=1S/C20H21Br3N2O/c21-13-4-5-19-16(8-13)17-9-14(22)10-18(23)20(17)25(19)12-15(26)11-24-6-2-1-3-7-24/h4-5,8-10,15,26H,1-3,6-7,11-12H2/t15-/m1/s1. The Morgan fingerprint density at radius 1 is 0.885 bits per heavy atom. The average Bonchev–Trinajstić information content (AvgIpc) is 2.89. The fraction of sp³-hybridized carbons (Fsp3) is 0.400. The number of halogens is 3. The summed E-state index contributed by atoms with van der Waals surface area (Å²) in [5, 5.41) is 13.2. The van der Waals surface area contributed by atoms with Crippen LogP contribution in [0.3, 0.4) is 0 Å². The number of likely N-dealkylation sites (tertiary alicyclic amines) is 1. The van der Waals surface area contributed by atoms with Crippen LogP contribution in [-0.4, -0.2) is 40.3 Å². The summed E-state index contributed by atoms with van der Waals surface area (Å²) in [5.74, 6) is 0. The molecule has 0 amide bonds. The monoisotopic (exact) mass is 542 g/mol. The zero-order valence-electron chi connectivity index (χ0n) is 14.4. The van der Waals surface area contributed by atoms with Gasteiger partial charge in [0, 0.05) is 36.3 Å². The highest BCUT2D eigenvalue weighted by Crippen LogP contribution is 2.37. The van der Waals surface area contributed by atoms with E-state index in [9.17, 15) is 5.11 Å². The highest BCUT2D eigenvalue weighted by molar-refractivity contribution is 9.11. The maximum Gasteiger partial charge on any atom is 0.0845 e. The van der Waals surface area contributed by atoms with Gasteiger partial charge in [0.1, 0.15) is 0 Å². The first-order valence-electron chi connectivity index (χ1n) is 9.00. The number of benzene rings is 2. The summed E-state index contributed by atoms with van der Waals surface area (Å²) < 4.78 is 5.40. The first-order chi connectivity index (χ1) is 12.5. The number of rotatable bonds is 4. The Balaban J connectivity index is 1.75. The van der Waals surface area contributed by atoms with E-state index in [2.05, 4.69) is 87.6 Å². The number of piperidine rings is 1. The molecule has 4 rings (SSSR count). The molecule has 0 bridgehead atoms. The van der Waals surface area contributed by atoms with Gasteiger partial charge in [-0.2, -0.15) is 0 Å². The van der Waals surface area contributed by atoms with Gasteiger partial charge in [-0.15, -0.1) is 0 Å². The SMILES string of the molecule is O[C@H](CN1CCCCC1)Cn1c2ccc(Br)cc2c2cc(Br)cc(Br)c21. The number of aromatic nitrogens is 1. The van der Waals surface area contributed by atoms with Gasteiger partial charge in [0.05, 0.1) is 18.2 Å². The first-order valence-corrected chi connectivity index (χ1v) is 11.4. The van der Waals surface area contributed by atoms with Crippen LogP contribution in [-0.2, 0) is 6.54 Å². The third-order valence-corrected chi connectivity index (χ3v) is 6.70. The minimum atomic E-state index is -0.383. The van der Waals surface area contributed by atoms with Gasteiger partial charge in [-0.25, -0.2) is 0 Å². The minimum Gasteiger partial charge on any atom is -0.390 e. The fourth-order valence-corrected chi connectivity index (χ4v) is 5.82. The van der Waals surface area contributed by atoms with Crippen LogP contribution in [0.25, 0.3) is 21.8 Å². The van der Waals surface area contributed by atoms with Crippen molar-refractivity contribution in [1.29, 1.82) is 0 Å². The van der Waals surface area contributed by atoms with Crippen LogP contribution in [0.1, 0.15) is 19.3 Å². The summed E-state index contributed by atoms with van der Waals surface area (Å²) in [7, 11) is 0. The molecule has 2 heterocycles. The molecule has 1 N–H and O–H groups in total. The van der Waals surface area contributed by atoms with E-state index in [1.165, 1.54) is 30.0 Å². The Kier molecular flexibility index (Phi) is 5.77. The minimum absolute atomic E-state index is 0.383. The molecule has 1 aliphatic heterocycles. The molecule has 1 saturated heterocycles. The zero-order valence-corrected chi connectivity index (χ0v) is 19.1. The van der Waals surface area contributed by atoms with E-state index in [1.807, 2.05) is 0 Å². The van der Waals surface area contributed by atoms with E-state index < -0.39 is 0 Å². The number of aliphatic hydroxyl groups excluding tert-OH is 1. The van der Waals surface area contributed by atoms with Crippen LogP contribution in [0.15, 0.2) is 43.7 Å². The van der Waals surface area contributed by atoms with Gasteiger partial charge < -0.3 is 14.6 Å². The molecule has 26 heavy (non-hydrogen) atoms. The third-order valence-electron chi connectivity index (χ3n) is 5.15. The first kappa shape index (κ1) is 18.9. The van der Waals surface area contributed by atoms with Crippen molar-refractivity contribution < 1.29 is 5.11 Å². The lowest BCUT2D eigenvalue weighted by atomic mass is 10.1. The highest BCUT2D eigenvalue weighted by Gasteiger charge is 2.19. The number of hydrogen-bond acceptors (Lipinski definition) is 2. The van der Waals surface area contributed by atoms with Crippen LogP contribution in [0.2, 0.25) is 0 Å². The van der Waals surface area contributed by atoms with Gasteiger partial charge in [0.2, 0.25) is 0 Å². The van der Waals surface area contributed by atoms with E-state index in [4.69, 9.17) is 0 Å². The van der Waals surface area contributed by atoms with Crippen LogP contribution in [0.5, 0.6) is 0 Å². The van der Waals surface area contributed by atoms with E-state index in [0.29, 0.717) is 6.54 Å². The van der Waals surface area contributed by atoms with Crippen LogP contribution >= 0.6 is 47.8 Å². The number of hydrogen-bond donors (Lipinski definition) is 1. The predicted octanol–water partition coefficient (Wildman–Crippen LogP) is 5.93. The Morgan fingerprint density at radius 2 is 1.62 bits per heavy atom. The number of nitrogens with zero attached hydrogens (tertiary/aromatic N) is 2. The van der Waals surface area contributed by atoms with Crippen molar-refractivity contribution in [3.05, 3.63) is 43.7 Å². The van der Waals surface area contributed by atoms with Crippen LogP contribution in [0, 0.1) is 0 Å². The van der Waals surface area contributed by atoms with Gasteiger partial charge in [-0.1, -0.05) is 38.3 Å². The largest absolute Gasteiger partial charge is 0.390 e. The summed E-state index contributed by atoms with van der Waals surface area (Å²) in [6, 6.07) is 10.6. The van der Waals surface area contributed by atoms with Crippen LogP contribution < -0.4 is 0 Å². The smallest absolute Gasteiger partial charge is 0.0845 e. The van der Waals surface area contributed by atoms with E-state index in [0.717, 1.165) is 44.1 Å². The molecule has 3 nitrogen and oxygen atoms in total. The molecule has 0 radical (unpaired) electrons. The lowest BCUT2D eigenvalue weighted by molar-refractivity contribution is 0.0900. The van der Waals surface area contributed by atoms with Gasteiger partial charge >= 0.3 is 0 Å². The topological polar surface area (TPSA) is 28.4 Å². The number of β-amino-alcohol motifs (C(OH)–C–C–N with tert-alkyl or cyclic N) is 1. The fourth-order valence-electron chi connectivity index (χ4n) is 4.02. The summed E-state index contributed by atoms with van der Waals surface area (Å²) in [6.07, 6.45) is 3.42. The van der Waals surface area contributed by atoms with Gasteiger partial charge in [0.25, 0.3) is 0 Å². The second-order valence-corrected chi connectivity index (χ2v) is 9.76. The summed E-state index contributed by atoms with van der Waals surface area (Å²) in [6.45, 7) is 3.55. The second kappa shape index (κ2) is 7.92. The average molecular weight is 545 g/mol. The van der Waals surface area contributed by atoms with Crippen molar-refractivity contribution in [1.82, 2.24) is 9.47 Å². The third kappa shape index (κ3) is 3.76. The van der Waals surface area contributed by atoms with Gasteiger partial charge in [-0.3, -0.25) is 0 Å². The predicted molar refractivity (Wildman–Crippen MR) is 119 cm³/mol. The van der Waals surface area contributed by atoms with Crippen molar-refractivity contribution in [3.63, 3.8) is 0 Å². The highest BCUT2D eigenvalue weighted by atomic mass is 79.9. The quantitative estimate of drug-likeness (QED) is 0.441. The van der Waals surface area contributed by atoms with Crippen molar-refractivity contribution in [2.45, 2.75) is 31.9 Å². The van der Waals surface area contributed by atoms with E-state index in [-0.39, 0.29) is 6.10 Å². The van der Waals surface area contributed by atoms with Crippen LogP contribution in [0.4, 0.5) is 0 Å². The molecule has 0 spiro atoms. The molecule has 0 unspecified atom stereocenters. The Morgan fingerprint density at radius 3 is 2.38 bits per heavy atom. The normalized spacial score (nSPS) is 17.2. The molecular weight excluding hydrogens is 524 g/mol. The Hall–Kier alpha value is -0.400. The summed E-state index contributed by atoms with van der Waals surface area (Å²) >= 11 is 10.9. The molecule has 1 fully saturated rings. The molecule has 138 valence electrons. The lowest BCUT2D eigenvalue weighted by Crippen LogP contribution is -2.38. The van der Waals surface area contributed by atoms with Crippen molar-refractivity contribution in [3.8, 4) is 0 Å². The molecule has 1 atom stereocenters. The molecule has 1 aromatic heterocycles. The molecular formula is C20H21Br3N2O. The molecule has 2 aromatic carbocycles. The summed E-state index contributed by atoms with van der Waals surface area (Å²) in [5.41, 5.74) is 2.29. The van der Waals surface area contributed by atoms with E-state index >= 15 is 0 Å². The molecule has 3 aromatic rings. The van der Waals surface area contributed by atoms with Crippen molar-refractivity contribution in [2.24, 2.45) is 0 Å². The Bertz CT molecular complexity index is 947. The maximum absolute atomic E-state index is 10.8. The molecule has 0 aliphatic carbocycles. The number of fused-ring (bicyclic) bond motifs is 3. The van der Waals surface area contributed by atoms with Crippen molar-refractivity contribution >= 4 is 69.6 Å². The van der Waals surface area contributed by atoms with Gasteiger partial charge in [-0.05, 0) is 72.2 Å². The summed E-state index contributed by atoms with van der Waals surface area (Å²) in [4.78, 5) is 2.39. The molecule has 0 saturated carbocycles. The molecule has 6 heteroatoms. The molecule has 1 aliphatic rings. The lowest BCUT2D eigenvalue weighted by Gasteiger charge is -2.28. The van der Waals surface area contributed by atoms with E-state index in [1.54, 1.807) is 0 Å². The Labute approximate surface area is 178 Å². The zero-order chi connectivity index (χ0) is 18.3. The number of aliphatic hydroxyl groups is 1.